The first-order valence-corrected chi connectivity index (χ1v) is 14.7. The molecule has 0 N–H and O–H groups in total. The van der Waals surface area contributed by atoms with E-state index in [2.05, 4.69) is 150 Å². The van der Waals surface area contributed by atoms with Gasteiger partial charge in [0, 0.05) is 22.9 Å². The number of aliphatic imine (C=N–C) groups is 2. The van der Waals surface area contributed by atoms with Crippen molar-refractivity contribution < 1.29 is 0 Å². The van der Waals surface area contributed by atoms with Crippen LogP contribution in [0, 0.1) is 0 Å². The Balaban J connectivity index is 1.16. The number of nitrogens with zero attached hydrogens (tertiary/aromatic N) is 3. The summed E-state index contributed by atoms with van der Waals surface area (Å²) >= 11 is 0. The van der Waals surface area contributed by atoms with Gasteiger partial charge in [-0.25, -0.2) is 0 Å². The first-order valence-electron chi connectivity index (χ1n) is 14.7. The maximum atomic E-state index is 5.16. The molecule has 1 atom stereocenters. The van der Waals surface area contributed by atoms with Crippen LogP contribution in [0.15, 0.2) is 168 Å². The second kappa shape index (κ2) is 10.7. The van der Waals surface area contributed by atoms with Gasteiger partial charge in [-0.15, -0.1) is 0 Å². The van der Waals surface area contributed by atoms with Gasteiger partial charge in [-0.2, -0.15) is 0 Å². The molecule has 0 radical (unpaired) electrons. The summed E-state index contributed by atoms with van der Waals surface area (Å²) in [4.78, 5) is 10.2. The Kier molecular flexibility index (Phi) is 6.27. The molecule has 8 rings (SSSR count). The quantitative estimate of drug-likeness (QED) is 0.204. The smallest absolute Gasteiger partial charge is 0.165 e. The summed E-state index contributed by atoms with van der Waals surface area (Å²) in [6.07, 6.45) is 0.443. The Bertz CT molecular complexity index is 2080. The van der Waals surface area contributed by atoms with Crippen molar-refractivity contribution in [1.29, 1.82) is 0 Å². The lowest BCUT2D eigenvalue weighted by Gasteiger charge is -2.21. The van der Waals surface area contributed by atoms with Gasteiger partial charge in [-0.3, -0.25) is 9.98 Å². The van der Waals surface area contributed by atoms with Crippen LogP contribution in [0.5, 0.6) is 0 Å². The largest absolute Gasteiger partial charge is 0.309 e. The fourth-order valence-corrected chi connectivity index (χ4v) is 6.21. The maximum absolute atomic E-state index is 5.16. The molecule has 0 saturated heterocycles. The summed E-state index contributed by atoms with van der Waals surface area (Å²) in [7, 11) is 0. The Morgan fingerprint density at radius 3 is 1.65 bits per heavy atom. The second-order valence-corrected chi connectivity index (χ2v) is 11.0. The molecule has 6 aromatic carbocycles. The summed E-state index contributed by atoms with van der Waals surface area (Å²) < 4.78 is 2.36. The van der Waals surface area contributed by atoms with Crippen LogP contribution < -0.4 is 0 Å². The van der Waals surface area contributed by atoms with Crippen LogP contribution in [0.1, 0.15) is 29.3 Å². The number of para-hydroxylation sites is 2. The molecule has 0 aliphatic carbocycles. The zero-order valence-electron chi connectivity index (χ0n) is 23.6. The van der Waals surface area contributed by atoms with Gasteiger partial charge in [0.1, 0.15) is 0 Å². The van der Waals surface area contributed by atoms with Gasteiger partial charge >= 0.3 is 0 Å². The van der Waals surface area contributed by atoms with Crippen LogP contribution in [0.25, 0.3) is 38.6 Å². The van der Waals surface area contributed by atoms with Crippen LogP contribution in [0.4, 0.5) is 0 Å². The van der Waals surface area contributed by atoms with Gasteiger partial charge < -0.3 is 4.57 Å². The standard InChI is InChI=1S/C40H29N3/c1-3-12-29(13-4-1)36-27-37(42-40(41-36)30-14-5-2-6-15-30)32-17-11-16-31(26-32)28-22-24-33(25-23-28)43-38-20-9-7-18-34(38)35-19-8-10-21-39(35)43/h1-26,40H,27H2. The molecule has 204 valence electrons. The Morgan fingerprint density at radius 1 is 0.442 bits per heavy atom. The SMILES string of the molecule is c1ccc(C2=NC(c3ccccc3)N=C(c3cccc(-c4ccc(-n5c6ccccc6c6ccccc65)cc4)c3)C2)cc1. The van der Waals surface area contributed by atoms with Gasteiger partial charge in [-0.05, 0) is 58.1 Å². The van der Waals surface area contributed by atoms with Crippen molar-refractivity contribution in [3.8, 4) is 16.8 Å². The summed E-state index contributed by atoms with van der Waals surface area (Å²) in [5, 5.41) is 2.55. The Morgan fingerprint density at radius 2 is 0.977 bits per heavy atom. The second-order valence-electron chi connectivity index (χ2n) is 11.0. The van der Waals surface area contributed by atoms with E-state index < -0.39 is 0 Å². The predicted octanol–water partition coefficient (Wildman–Crippen LogP) is 9.83. The van der Waals surface area contributed by atoms with E-state index in [4.69, 9.17) is 9.98 Å². The molecule has 3 nitrogen and oxygen atoms in total. The van der Waals surface area contributed by atoms with E-state index in [-0.39, 0.29) is 6.17 Å². The van der Waals surface area contributed by atoms with Gasteiger partial charge in [0.25, 0.3) is 0 Å². The van der Waals surface area contributed by atoms with Crippen molar-refractivity contribution in [2.24, 2.45) is 9.98 Å². The normalized spacial score (nSPS) is 14.9. The zero-order valence-corrected chi connectivity index (χ0v) is 23.6. The molecular formula is C40H29N3. The van der Waals surface area contributed by atoms with Gasteiger partial charge in [0.05, 0.1) is 22.5 Å². The number of hydrogen-bond acceptors (Lipinski definition) is 2. The highest BCUT2D eigenvalue weighted by atomic mass is 15.0. The number of aromatic nitrogens is 1. The fourth-order valence-electron chi connectivity index (χ4n) is 6.21. The molecule has 1 unspecified atom stereocenters. The predicted molar refractivity (Wildman–Crippen MR) is 180 cm³/mol. The molecule has 1 aromatic heterocycles. The van der Waals surface area contributed by atoms with E-state index in [0.717, 1.165) is 33.8 Å². The van der Waals surface area contributed by atoms with E-state index in [1.54, 1.807) is 0 Å². The lowest BCUT2D eigenvalue weighted by Crippen LogP contribution is -2.18. The Labute approximate surface area is 251 Å². The zero-order chi connectivity index (χ0) is 28.6. The highest BCUT2D eigenvalue weighted by molar-refractivity contribution is 6.19. The maximum Gasteiger partial charge on any atom is 0.165 e. The van der Waals surface area contributed by atoms with Crippen LogP contribution in [0.2, 0.25) is 0 Å². The monoisotopic (exact) mass is 551 g/mol. The molecule has 0 fully saturated rings. The van der Waals surface area contributed by atoms with Crippen LogP contribution >= 0.6 is 0 Å². The van der Waals surface area contributed by atoms with Crippen molar-refractivity contribution in [2.75, 3.05) is 0 Å². The third-order valence-corrected chi connectivity index (χ3v) is 8.33. The number of benzene rings is 6. The fraction of sp³-hybridized carbons (Fsp3) is 0.0500. The van der Waals surface area contributed by atoms with E-state index in [1.807, 2.05) is 12.1 Å². The molecule has 2 heterocycles. The minimum atomic E-state index is -0.255. The number of fused-ring (bicyclic) bond motifs is 3. The lowest BCUT2D eigenvalue weighted by atomic mass is 9.95. The molecule has 1 aliphatic heterocycles. The lowest BCUT2D eigenvalue weighted by molar-refractivity contribution is 0.764. The van der Waals surface area contributed by atoms with Crippen molar-refractivity contribution in [3.05, 3.63) is 174 Å². The molecule has 0 bridgehead atoms. The average molecular weight is 552 g/mol. The summed E-state index contributed by atoms with van der Waals surface area (Å²) in [6.45, 7) is 0. The van der Waals surface area contributed by atoms with Crippen LogP contribution in [-0.2, 0) is 0 Å². The summed E-state index contributed by atoms with van der Waals surface area (Å²) in [6, 6.07) is 55.8. The molecular weight excluding hydrogens is 522 g/mol. The number of hydrogen-bond donors (Lipinski definition) is 0. The molecule has 1 aliphatic rings. The van der Waals surface area contributed by atoms with Crippen molar-refractivity contribution in [1.82, 2.24) is 4.57 Å². The highest BCUT2D eigenvalue weighted by Gasteiger charge is 2.21. The third kappa shape index (κ3) is 4.65. The molecule has 0 spiro atoms. The van der Waals surface area contributed by atoms with Gasteiger partial charge in [-0.1, -0.05) is 127 Å². The summed E-state index contributed by atoms with van der Waals surface area (Å²) in [5.41, 5.74) is 11.5. The molecule has 0 amide bonds. The molecule has 43 heavy (non-hydrogen) atoms. The van der Waals surface area contributed by atoms with Gasteiger partial charge in [0.2, 0.25) is 0 Å². The van der Waals surface area contributed by atoms with E-state index in [9.17, 15) is 0 Å². The van der Waals surface area contributed by atoms with Crippen molar-refractivity contribution in [3.63, 3.8) is 0 Å². The first-order chi connectivity index (χ1) is 21.3. The van der Waals surface area contributed by atoms with Crippen molar-refractivity contribution >= 4 is 33.2 Å². The topological polar surface area (TPSA) is 29.6 Å². The average Bonchev–Trinajstić information content (AvgIpc) is 3.43. The minimum absolute atomic E-state index is 0.255. The Hall–Kier alpha value is -5.54. The highest BCUT2D eigenvalue weighted by Crippen LogP contribution is 2.33. The molecule has 7 aromatic rings. The summed E-state index contributed by atoms with van der Waals surface area (Å²) in [5.74, 6) is 0. The van der Waals surface area contributed by atoms with E-state index in [1.165, 1.54) is 32.9 Å². The van der Waals surface area contributed by atoms with Crippen LogP contribution in [0.3, 0.4) is 0 Å². The third-order valence-electron chi connectivity index (χ3n) is 8.33. The minimum Gasteiger partial charge on any atom is -0.309 e. The van der Waals surface area contributed by atoms with Gasteiger partial charge in [0.15, 0.2) is 6.17 Å². The number of rotatable bonds is 5. The van der Waals surface area contributed by atoms with Crippen LogP contribution in [-0.4, -0.2) is 16.0 Å². The first kappa shape index (κ1) is 25.2. The van der Waals surface area contributed by atoms with Crippen molar-refractivity contribution in [2.45, 2.75) is 12.6 Å². The molecule has 3 heteroatoms. The van der Waals surface area contributed by atoms with E-state index >= 15 is 0 Å². The van der Waals surface area contributed by atoms with E-state index in [0.29, 0.717) is 6.42 Å². The molecule has 0 saturated carbocycles.